The van der Waals surface area contributed by atoms with Gasteiger partial charge in [-0.25, -0.2) is 8.42 Å². The summed E-state index contributed by atoms with van der Waals surface area (Å²) in [7, 11) is -3.59. The van der Waals surface area contributed by atoms with Gasteiger partial charge in [0.15, 0.2) is 0 Å². The van der Waals surface area contributed by atoms with Crippen molar-refractivity contribution in [3.63, 3.8) is 0 Å². The first-order chi connectivity index (χ1) is 12.8. The zero-order chi connectivity index (χ0) is 20.0. The highest BCUT2D eigenvalue weighted by atomic mass is 32.2. The van der Waals surface area contributed by atoms with Crippen molar-refractivity contribution in [2.75, 3.05) is 32.7 Å². The molecule has 1 aliphatic rings. The Bertz CT molecular complexity index is 745. The number of hydrogen-bond acceptors (Lipinski definition) is 4. The van der Waals surface area contributed by atoms with Crippen LogP contribution in [0.3, 0.4) is 0 Å². The van der Waals surface area contributed by atoms with Crippen molar-refractivity contribution in [1.82, 2.24) is 14.5 Å². The van der Waals surface area contributed by atoms with Gasteiger partial charge in [-0.1, -0.05) is 26.3 Å². The quantitative estimate of drug-likeness (QED) is 0.735. The highest BCUT2D eigenvalue weighted by molar-refractivity contribution is 7.89. The molecular formula is C20H33N3O3S. The fourth-order valence-electron chi connectivity index (χ4n) is 3.63. The fraction of sp³-hybridized carbons (Fsp3) is 0.650. The summed E-state index contributed by atoms with van der Waals surface area (Å²) in [6.45, 7) is 10.9. The van der Waals surface area contributed by atoms with Gasteiger partial charge in [-0.2, -0.15) is 4.31 Å². The maximum Gasteiger partial charge on any atom is 0.251 e. The molecule has 0 bridgehead atoms. The SMILES string of the molecule is CCN(CC)S(=O)(=O)c1cc(C(=O)NCCN2CCCCC2C)ccc1C. The van der Waals surface area contributed by atoms with Crippen LogP contribution >= 0.6 is 0 Å². The third-order valence-corrected chi connectivity index (χ3v) is 7.59. The lowest BCUT2D eigenvalue weighted by Gasteiger charge is -2.33. The lowest BCUT2D eigenvalue weighted by molar-refractivity contribution is 0.0938. The van der Waals surface area contributed by atoms with Gasteiger partial charge in [0.05, 0.1) is 4.90 Å². The van der Waals surface area contributed by atoms with E-state index in [2.05, 4.69) is 17.1 Å². The molecule has 1 aromatic rings. The normalized spacial score (nSPS) is 18.6. The van der Waals surface area contributed by atoms with Crippen molar-refractivity contribution in [1.29, 1.82) is 0 Å². The highest BCUT2D eigenvalue weighted by Crippen LogP contribution is 2.21. The second-order valence-electron chi connectivity index (χ2n) is 7.21. The zero-order valence-electron chi connectivity index (χ0n) is 17.0. The molecule has 7 heteroatoms. The molecule has 1 heterocycles. The van der Waals surface area contributed by atoms with E-state index in [4.69, 9.17) is 0 Å². The summed E-state index contributed by atoms with van der Waals surface area (Å²) >= 11 is 0. The molecule has 0 aromatic heterocycles. The first kappa shape index (κ1) is 21.9. The van der Waals surface area contributed by atoms with E-state index in [0.717, 1.165) is 13.1 Å². The number of likely N-dealkylation sites (tertiary alicyclic amines) is 1. The summed E-state index contributed by atoms with van der Waals surface area (Å²) in [5.74, 6) is -0.226. The Hall–Kier alpha value is -1.44. The van der Waals surface area contributed by atoms with Crippen LogP contribution in [0.4, 0.5) is 0 Å². The van der Waals surface area contributed by atoms with Gasteiger partial charge < -0.3 is 5.32 Å². The number of piperidine rings is 1. The number of rotatable bonds is 8. The second-order valence-corrected chi connectivity index (χ2v) is 9.11. The van der Waals surface area contributed by atoms with E-state index in [-0.39, 0.29) is 10.8 Å². The van der Waals surface area contributed by atoms with E-state index in [0.29, 0.717) is 36.8 Å². The van der Waals surface area contributed by atoms with Crippen LogP contribution in [-0.2, 0) is 10.0 Å². The van der Waals surface area contributed by atoms with E-state index in [1.165, 1.54) is 29.6 Å². The zero-order valence-corrected chi connectivity index (χ0v) is 17.8. The van der Waals surface area contributed by atoms with Crippen LogP contribution in [0, 0.1) is 6.92 Å². The Morgan fingerprint density at radius 1 is 1.26 bits per heavy atom. The van der Waals surface area contributed by atoms with E-state index >= 15 is 0 Å². The molecule has 0 spiro atoms. The Morgan fingerprint density at radius 2 is 1.96 bits per heavy atom. The van der Waals surface area contributed by atoms with Crippen LogP contribution in [0.15, 0.2) is 23.1 Å². The molecule has 6 nitrogen and oxygen atoms in total. The maximum atomic E-state index is 12.8. The van der Waals surface area contributed by atoms with Crippen molar-refractivity contribution in [3.8, 4) is 0 Å². The topological polar surface area (TPSA) is 69.7 Å². The summed E-state index contributed by atoms with van der Waals surface area (Å²) in [6, 6.07) is 5.45. The summed E-state index contributed by atoms with van der Waals surface area (Å²) in [6.07, 6.45) is 3.69. The number of hydrogen-bond donors (Lipinski definition) is 1. The van der Waals surface area contributed by atoms with Crippen LogP contribution < -0.4 is 5.32 Å². The monoisotopic (exact) mass is 395 g/mol. The summed E-state index contributed by atoms with van der Waals surface area (Å²) in [5, 5.41) is 2.93. The number of aryl methyl sites for hydroxylation is 1. The van der Waals surface area contributed by atoms with Crippen molar-refractivity contribution < 1.29 is 13.2 Å². The van der Waals surface area contributed by atoms with Gasteiger partial charge >= 0.3 is 0 Å². The first-order valence-electron chi connectivity index (χ1n) is 9.94. The molecule has 1 saturated heterocycles. The molecule has 1 aromatic carbocycles. The van der Waals surface area contributed by atoms with Gasteiger partial charge in [0.2, 0.25) is 10.0 Å². The summed E-state index contributed by atoms with van der Waals surface area (Å²) in [5.41, 5.74) is 1.04. The van der Waals surface area contributed by atoms with E-state index in [1.807, 2.05) is 13.8 Å². The lowest BCUT2D eigenvalue weighted by Crippen LogP contribution is -2.42. The molecule has 1 unspecified atom stereocenters. The number of amides is 1. The third-order valence-electron chi connectivity index (χ3n) is 5.40. The molecule has 0 radical (unpaired) electrons. The number of nitrogens with zero attached hydrogens (tertiary/aromatic N) is 2. The highest BCUT2D eigenvalue weighted by Gasteiger charge is 2.25. The van der Waals surface area contributed by atoms with E-state index < -0.39 is 10.0 Å². The fourth-order valence-corrected chi connectivity index (χ4v) is 5.34. The minimum atomic E-state index is -3.59. The second kappa shape index (κ2) is 9.66. The van der Waals surface area contributed by atoms with Crippen LogP contribution in [0.2, 0.25) is 0 Å². The van der Waals surface area contributed by atoms with Crippen molar-refractivity contribution >= 4 is 15.9 Å². The maximum absolute atomic E-state index is 12.8. The number of carbonyl (C=O) groups excluding carboxylic acids is 1. The predicted octanol–water partition coefficient (Wildman–Crippen LogP) is 2.63. The minimum Gasteiger partial charge on any atom is -0.351 e. The molecule has 1 aliphatic heterocycles. The van der Waals surface area contributed by atoms with Crippen LogP contribution in [-0.4, -0.2) is 62.3 Å². The third kappa shape index (κ3) is 5.30. The largest absolute Gasteiger partial charge is 0.351 e. The van der Waals surface area contributed by atoms with Crippen molar-refractivity contribution in [3.05, 3.63) is 29.3 Å². The van der Waals surface area contributed by atoms with Crippen LogP contribution in [0.5, 0.6) is 0 Å². The molecule has 0 aliphatic carbocycles. The molecular weight excluding hydrogens is 362 g/mol. The van der Waals surface area contributed by atoms with Gasteiger partial charge in [0, 0.05) is 37.8 Å². The van der Waals surface area contributed by atoms with Crippen molar-refractivity contribution in [2.45, 2.75) is 57.9 Å². The molecule has 1 N–H and O–H groups in total. The van der Waals surface area contributed by atoms with Gasteiger partial charge in [0.25, 0.3) is 5.91 Å². The standard InChI is InChI=1S/C20H33N3O3S/c1-5-23(6-2)27(25,26)19-15-18(11-10-16(19)3)20(24)21-12-14-22-13-8-7-9-17(22)4/h10-11,15,17H,5-9,12-14H2,1-4H3,(H,21,24). The van der Waals surface area contributed by atoms with E-state index in [1.54, 1.807) is 19.1 Å². The Morgan fingerprint density at radius 3 is 2.59 bits per heavy atom. The molecule has 27 heavy (non-hydrogen) atoms. The number of benzene rings is 1. The van der Waals surface area contributed by atoms with Crippen LogP contribution in [0.25, 0.3) is 0 Å². The number of sulfonamides is 1. The molecule has 2 rings (SSSR count). The van der Waals surface area contributed by atoms with Gasteiger partial charge in [-0.05, 0) is 50.9 Å². The minimum absolute atomic E-state index is 0.212. The average Bonchev–Trinajstić information content (AvgIpc) is 2.64. The Balaban J connectivity index is 2.07. The summed E-state index contributed by atoms with van der Waals surface area (Å²) < 4.78 is 27.1. The first-order valence-corrected chi connectivity index (χ1v) is 11.4. The molecule has 1 atom stereocenters. The molecule has 0 saturated carbocycles. The van der Waals surface area contributed by atoms with E-state index in [9.17, 15) is 13.2 Å². The smallest absolute Gasteiger partial charge is 0.251 e. The average molecular weight is 396 g/mol. The predicted molar refractivity (Wildman–Crippen MR) is 109 cm³/mol. The number of nitrogens with one attached hydrogen (secondary N) is 1. The van der Waals surface area contributed by atoms with Gasteiger partial charge in [-0.15, -0.1) is 0 Å². The Kier molecular flexibility index (Phi) is 7.82. The molecule has 152 valence electrons. The lowest BCUT2D eigenvalue weighted by atomic mass is 10.0. The van der Waals surface area contributed by atoms with Gasteiger partial charge in [-0.3, -0.25) is 9.69 Å². The van der Waals surface area contributed by atoms with Crippen molar-refractivity contribution in [2.24, 2.45) is 0 Å². The van der Waals surface area contributed by atoms with Gasteiger partial charge in [0.1, 0.15) is 0 Å². The van der Waals surface area contributed by atoms with Crippen LogP contribution in [0.1, 0.15) is 56.0 Å². The number of carbonyl (C=O) groups is 1. The Labute approximate surface area is 164 Å². The molecule has 1 fully saturated rings. The molecule has 1 amide bonds. The summed E-state index contributed by atoms with van der Waals surface area (Å²) in [4.78, 5) is 15.1.